The highest BCUT2D eigenvalue weighted by Crippen LogP contribution is 2.33. The topological polar surface area (TPSA) is 64.0 Å². The Morgan fingerprint density at radius 1 is 1.28 bits per heavy atom. The molecule has 0 unspecified atom stereocenters. The standard InChI is InChI=1S/C18H21N3O2S2/c1-2-3-4-5-8-19-15(22)10-21-12-20-17-16(18(21)23)13(11-25-17)14-7-6-9-24-14/h6-7,9,11-12H,2-5,8,10H2,1H3,(H,19,22). The largest absolute Gasteiger partial charge is 0.355 e. The van der Waals surface area contributed by atoms with Crippen LogP contribution in [0.15, 0.2) is 34.0 Å². The van der Waals surface area contributed by atoms with Gasteiger partial charge in [0, 0.05) is 22.4 Å². The van der Waals surface area contributed by atoms with Crippen LogP contribution in [0.1, 0.15) is 32.6 Å². The summed E-state index contributed by atoms with van der Waals surface area (Å²) in [6.45, 7) is 2.82. The summed E-state index contributed by atoms with van der Waals surface area (Å²) in [5.41, 5.74) is 0.748. The average molecular weight is 376 g/mol. The summed E-state index contributed by atoms with van der Waals surface area (Å²) in [4.78, 5) is 31.0. The molecule has 0 bridgehead atoms. The predicted molar refractivity (Wildman–Crippen MR) is 104 cm³/mol. The van der Waals surface area contributed by atoms with Crippen molar-refractivity contribution in [1.82, 2.24) is 14.9 Å². The molecule has 0 radical (unpaired) electrons. The number of rotatable bonds is 8. The molecule has 3 rings (SSSR count). The third-order valence-electron chi connectivity index (χ3n) is 4.01. The molecule has 132 valence electrons. The maximum absolute atomic E-state index is 12.8. The average Bonchev–Trinajstić information content (AvgIpc) is 3.26. The van der Waals surface area contributed by atoms with Crippen molar-refractivity contribution in [2.75, 3.05) is 6.54 Å². The monoisotopic (exact) mass is 375 g/mol. The lowest BCUT2D eigenvalue weighted by Crippen LogP contribution is -2.32. The number of thiophene rings is 2. The maximum Gasteiger partial charge on any atom is 0.263 e. The lowest BCUT2D eigenvalue weighted by Gasteiger charge is -2.07. The molecule has 3 aromatic heterocycles. The smallest absolute Gasteiger partial charge is 0.263 e. The number of hydrogen-bond donors (Lipinski definition) is 1. The Morgan fingerprint density at radius 2 is 2.16 bits per heavy atom. The van der Waals surface area contributed by atoms with Gasteiger partial charge in [-0.15, -0.1) is 22.7 Å². The molecule has 3 heterocycles. The van der Waals surface area contributed by atoms with E-state index in [0.717, 1.165) is 23.3 Å². The fourth-order valence-electron chi connectivity index (χ4n) is 2.68. The molecule has 0 aliphatic heterocycles. The van der Waals surface area contributed by atoms with Crippen LogP contribution in [-0.4, -0.2) is 22.0 Å². The molecule has 0 aromatic carbocycles. The van der Waals surface area contributed by atoms with Crippen molar-refractivity contribution in [3.8, 4) is 10.4 Å². The number of unbranched alkanes of at least 4 members (excludes halogenated alkanes) is 3. The van der Waals surface area contributed by atoms with E-state index in [2.05, 4.69) is 17.2 Å². The lowest BCUT2D eigenvalue weighted by atomic mass is 10.2. The van der Waals surface area contributed by atoms with Crippen LogP contribution < -0.4 is 10.9 Å². The molecule has 1 amide bonds. The number of aromatic nitrogens is 2. The normalized spacial score (nSPS) is 11.1. The summed E-state index contributed by atoms with van der Waals surface area (Å²) in [7, 11) is 0. The van der Waals surface area contributed by atoms with E-state index in [4.69, 9.17) is 0 Å². The zero-order valence-corrected chi connectivity index (χ0v) is 15.8. The van der Waals surface area contributed by atoms with Gasteiger partial charge in [-0.3, -0.25) is 14.2 Å². The van der Waals surface area contributed by atoms with Crippen LogP contribution in [0.2, 0.25) is 0 Å². The highest BCUT2D eigenvalue weighted by molar-refractivity contribution is 7.18. The van der Waals surface area contributed by atoms with Crippen molar-refractivity contribution in [3.63, 3.8) is 0 Å². The second-order valence-electron chi connectivity index (χ2n) is 5.90. The lowest BCUT2D eigenvalue weighted by molar-refractivity contribution is -0.121. The van der Waals surface area contributed by atoms with Crippen molar-refractivity contribution < 1.29 is 4.79 Å². The van der Waals surface area contributed by atoms with E-state index < -0.39 is 0 Å². The SMILES string of the molecule is CCCCCCNC(=O)Cn1cnc2scc(-c3cccs3)c2c1=O. The van der Waals surface area contributed by atoms with Crippen LogP contribution in [0, 0.1) is 0 Å². The summed E-state index contributed by atoms with van der Waals surface area (Å²) in [6.07, 6.45) is 5.90. The predicted octanol–water partition coefficient (Wildman–Crippen LogP) is 3.88. The summed E-state index contributed by atoms with van der Waals surface area (Å²) in [5, 5.41) is 7.43. The minimum absolute atomic E-state index is 0.00920. The highest BCUT2D eigenvalue weighted by Gasteiger charge is 2.15. The van der Waals surface area contributed by atoms with Gasteiger partial charge >= 0.3 is 0 Å². The van der Waals surface area contributed by atoms with Crippen molar-refractivity contribution >= 4 is 38.8 Å². The molecular formula is C18H21N3O2S2. The number of nitrogens with one attached hydrogen (secondary N) is 1. The van der Waals surface area contributed by atoms with E-state index >= 15 is 0 Å². The van der Waals surface area contributed by atoms with Crippen LogP contribution in [0.4, 0.5) is 0 Å². The minimum Gasteiger partial charge on any atom is -0.355 e. The van der Waals surface area contributed by atoms with E-state index in [-0.39, 0.29) is 18.0 Å². The summed E-state index contributed by atoms with van der Waals surface area (Å²) >= 11 is 3.05. The number of fused-ring (bicyclic) bond motifs is 1. The fraction of sp³-hybridized carbons (Fsp3) is 0.389. The van der Waals surface area contributed by atoms with Gasteiger partial charge in [0.15, 0.2) is 0 Å². The first-order chi connectivity index (χ1) is 12.2. The van der Waals surface area contributed by atoms with E-state index in [1.54, 1.807) is 11.3 Å². The minimum atomic E-state index is -0.157. The first-order valence-corrected chi connectivity index (χ1v) is 10.2. The van der Waals surface area contributed by atoms with Gasteiger partial charge in [0.2, 0.25) is 5.91 Å². The van der Waals surface area contributed by atoms with Crippen LogP contribution in [0.3, 0.4) is 0 Å². The summed E-state index contributed by atoms with van der Waals surface area (Å²) < 4.78 is 1.40. The van der Waals surface area contributed by atoms with Crippen LogP contribution in [0.5, 0.6) is 0 Å². The molecule has 7 heteroatoms. The van der Waals surface area contributed by atoms with Crippen molar-refractivity contribution in [3.05, 3.63) is 39.6 Å². The van der Waals surface area contributed by atoms with Crippen molar-refractivity contribution in [1.29, 1.82) is 0 Å². The summed E-state index contributed by atoms with van der Waals surface area (Å²) in [6, 6.07) is 3.95. The van der Waals surface area contributed by atoms with Gasteiger partial charge in [-0.2, -0.15) is 0 Å². The Kier molecular flexibility index (Phi) is 5.99. The quantitative estimate of drug-likeness (QED) is 0.608. The van der Waals surface area contributed by atoms with Crippen LogP contribution >= 0.6 is 22.7 Å². The van der Waals surface area contributed by atoms with Gasteiger partial charge in [0.1, 0.15) is 11.4 Å². The zero-order valence-electron chi connectivity index (χ0n) is 14.2. The molecule has 0 aliphatic carbocycles. The Bertz CT molecular complexity index is 897. The zero-order chi connectivity index (χ0) is 17.6. The molecular weight excluding hydrogens is 354 g/mol. The van der Waals surface area contributed by atoms with Gasteiger partial charge < -0.3 is 5.32 Å². The van der Waals surface area contributed by atoms with Crippen LogP contribution in [0.25, 0.3) is 20.7 Å². The third-order valence-corrected chi connectivity index (χ3v) is 5.80. The molecule has 0 atom stereocenters. The van der Waals surface area contributed by atoms with E-state index in [1.165, 1.54) is 35.1 Å². The molecule has 0 spiro atoms. The first-order valence-electron chi connectivity index (χ1n) is 8.48. The van der Waals surface area contributed by atoms with Gasteiger partial charge in [-0.1, -0.05) is 32.3 Å². The fourth-order valence-corrected chi connectivity index (χ4v) is 4.40. The second kappa shape index (κ2) is 8.40. The number of hydrogen-bond acceptors (Lipinski definition) is 5. The van der Waals surface area contributed by atoms with Gasteiger partial charge in [0.25, 0.3) is 5.56 Å². The molecule has 3 aromatic rings. The van der Waals surface area contributed by atoms with Gasteiger partial charge in [-0.05, 0) is 17.9 Å². The number of carbonyl (C=O) groups is 1. The maximum atomic E-state index is 12.8. The Labute approximate surface area is 154 Å². The molecule has 25 heavy (non-hydrogen) atoms. The van der Waals surface area contributed by atoms with E-state index in [1.807, 2.05) is 22.9 Å². The second-order valence-corrected chi connectivity index (χ2v) is 7.70. The third kappa shape index (κ3) is 4.16. The number of amides is 1. The Balaban J connectivity index is 1.74. The van der Waals surface area contributed by atoms with E-state index in [9.17, 15) is 9.59 Å². The molecule has 0 aliphatic rings. The van der Waals surface area contributed by atoms with Crippen molar-refractivity contribution in [2.24, 2.45) is 0 Å². The number of carbonyl (C=O) groups excluding carboxylic acids is 1. The molecule has 0 saturated carbocycles. The van der Waals surface area contributed by atoms with Gasteiger partial charge in [0.05, 0.1) is 11.7 Å². The van der Waals surface area contributed by atoms with E-state index in [0.29, 0.717) is 16.8 Å². The Hall–Kier alpha value is -1.99. The Morgan fingerprint density at radius 3 is 2.92 bits per heavy atom. The molecule has 5 nitrogen and oxygen atoms in total. The summed E-state index contributed by atoms with van der Waals surface area (Å²) in [5.74, 6) is -0.146. The van der Waals surface area contributed by atoms with Gasteiger partial charge in [-0.25, -0.2) is 4.98 Å². The highest BCUT2D eigenvalue weighted by atomic mass is 32.1. The first kappa shape index (κ1) is 17.8. The van der Waals surface area contributed by atoms with Crippen LogP contribution in [-0.2, 0) is 11.3 Å². The number of nitrogens with zero attached hydrogens (tertiary/aromatic N) is 2. The van der Waals surface area contributed by atoms with Crippen molar-refractivity contribution in [2.45, 2.75) is 39.2 Å². The molecule has 0 saturated heterocycles. The molecule has 1 N–H and O–H groups in total. The molecule has 0 fully saturated rings.